The number of ether oxygens (including phenoxy) is 1. The first kappa shape index (κ1) is 14.1. The Balaban J connectivity index is 2.43. The second-order valence-electron chi connectivity index (χ2n) is 4.21. The van der Waals surface area contributed by atoms with Crippen molar-refractivity contribution in [2.75, 3.05) is 20.7 Å². The van der Waals surface area contributed by atoms with Gasteiger partial charge in [0.25, 0.3) is 0 Å². The number of carbonyl (C=O) groups is 1. The molecular weight excluding hydrogens is 236 g/mol. The van der Waals surface area contributed by atoms with Gasteiger partial charge >= 0.3 is 5.97 Å². The molecule has 1 rings (SSSR count). The van der Waals surface area contributed by atoms with Crippen LogP contribution in [0.5, 0.6) is 0 Å². The Kier molecular flexibility index (Phi) is 5.58. The Labute approximate surface area is 107 Å². The lowest BCUT2D eigenvalue weighted by atomic mass is 10.2. The average molecular weight is 256 g/mol. The Hall–Kier alpha value is -0.940. The fourth-order valence-corrected chi connectivity index (χ4v) is 2.40. The van der Waals surface area contributed by atoms with Gasteiger partial charge in [-0.3, -0.25) is 9.69 Å². The number of nitrogens with zero attached hydrogens (tertiary/aromatic N) is 2. The highest BCUT2D eigenvalue weighted by Crippen LogP contribution is 2.12. The van der Waals surface area contributed by atoms with Gasteiger partial charge in [0, 0.05) is 18.5 Å². The van der Waals surface area contributed by atoms with Gasteiger partial charge in [-0.05, 0) is 13.5 Å². The lowest BCUT2D eigenvalue weighted by molar-refractivity contribution is -0.145. The Morgan fingerprint density at radius 3 is 2.88 bits per heavy atom. The van der Waals surface area contributed by atoms with Crippen molar-refractivity contribution < 1.29 is 9.53 Å². The van der Waals surface area contributed by atoms with Gasteiger partial charge in [-0.2, -0.15) is 0 Å². The predicted molar refractivity (Wildman–Crippen MR) is 69.0 cm³/mol. The molecule has 0 spiro atoms. The van der Waals surface area contributed by atoms with Crippen LogP contribution in [0.3, 0.4) is 0 Å². The maximum atomic E-state index is 11.3. The fourth-order valence-electron chi connectivity index (χ4n) is 1.67. The van der Waals surface area contributed by atoms with Gasteiger partial charge in [-0.1, -0.05) is 13.8 Å². The largest absolute Gasteiger partial charge is 0.469 e. The van der Waals surface area contributed by atoms with E-state index in [1.54, 1.807) is 11.3 Å². The molecule has 17 heavy (non-hydrogen) atoms. The van der Waals surface area contributed by atoms with Crippen LogP contribution < -0.4 is 0 Å². The predicted octanol–water partition coefficient (Wildman–Crippen LogP) is 1.95. The monoisotopic (exact) mass is 256 g/mol. The van der Waals surface area contributed by atoms with Crippen molar-refractivity contribution in [1.82, 2.24) is 9.88 Å². The molecule has 0 aliphatic rings. The zero-order chi connectivity index (χ0) is 12.8. The summed E-state index contributed by atoms with van der Waals surface area (Å²) in [5.74, 6) is -0.265. The van der Waals surface area contributed by atoms with E-state index in [0.29, 0.717) is 6.54 Å². The maximum absolute atomic E-state index is 11.3. The lowest BCUT2D eigenvalue weighted by Crippen LogP contribution is -2.29. The van der Waals surface area contributed by atoms with Gasteiger partial charge in [-0.25, -0.2) is 4.98 Å². The van der Waals surface area contributed by atoms with E-state index in [-0.39, 0.29) is 11.9 Å². The minimum Gasteiger partial charge on any atom is -0.469 e. The summed E-state index contributed by atoms with van der Waals surface area (Å²) >= 11 is 1.69. The average Bonchev–Trinajstić information content (AvgIpc) is 2.75. The number of methoxy groups -OCH3 is 1. The minimum atomic E-state index is -0.163. The minimum absolute atomic E-state index is 0.103. The van der Waals surface area contributed by atoms with Crippen LogP contribution in [0.4, 0.5) is 0 Å². The van der Waals surface area contributed by atoms with E-state index < -0.39 is 0 Å². The Morgan fingerprint density at radius 1 is 1.65 bits per heavy atom. The van der Waals surface area contributed by atoms with Crippen LogP contribution in [0.2, 0.25) is 0 Å². The summed E-state index contributed by atoms with van der Waals surface area (Å²) in [5.41, 5.74) is 1.08. The van der Waals surface area contributed by atoms with Gasteiger partial charge in [0.15, 0.2) is 0 Å². The summed E-state index contributed by atoms with van der Waals surface area (Å²) in [6.07, 6.45) is 0.979. The van der Waals surface area contributed by atoms with Crippen molar-refractivity contribution in [3.05, 3.63) is 16.1 Å². The smallest absolute Gasteiger partial charge is 0.309 e. The van der Waals surface area contributed by atoms with Crippen molar-refractivity contribution in [2.45, 2.75) is 26.8 Å². The molecule has 0 saturated heterocycles. The number of aromatic nitrogens is 1. The van der Waals surface area contributed by atoms with Crippen molar-refractivity contribution in [3.63, 3.8) is 0 Å². The highest BCUT2D eigenvalue weighted by molar-refractivity contribution is 7.09. The second kappa shape index (κ2) is 6.71. The summed E-state index contributed by atoms with van der Waals surface area (Å²) in [5, 5.41) is 3.24. The van der Waals surface area contributed by atoms with E-state index in [1.165, 1.54) is 7.11 Å². The first-order valence-corrected chi connectivity index (χ1v) is 6.64. The van der Waals surface area contributed by atoms with E-state index in [1.807, 2.05) is 14.0 Å². The summed E-state index contributed by atoms with van der Waals surface area (Å²) in [4.78, 5) is 17.9. The number of aryl methyl sites for hydroxylation is 1. The third kappa shape index (κ3) is 4.44. The molecular formula is C12H20N2O2S. The fraction of sp³-hybridized carbons (Fsp3) is 0.667. The van der Waals surface area contributed by atoms with Gasteiger partial charge in [0.05, 0.1) is 23.7 Å². The van der Waals surface area contributed by atoms with Gasteiger partial charge in [0.1, 0.15) is 0 Å². The number of esters is 1. The SMILES string of the molecule is CCc1nc(CN(C)CC(C)C(=O)OC)cs1. The Morgan fingerprint density at radius 2 is 2.35 bits per heavy atom. The maximum Gasteiger partial charge on any atom is 0.309 e. The van der Waals surface area contributed by atoms with Crippen LogP contribution in [0.1, 0.15) is 24.5 Å². The Bertz CT molecular complexity index is 365. The molecule has 0 aliphatic heterocycles. The lowest BCUT2D eigenvalue weighted by Gasteiger charge is -2.18. The zero-order valence-electron chi connectivity index (χ0n) is 10.9. The summed E-state index contributed by atoms with van der Waals surface area (Å²) < 4.78 is 4.71. The second-order valence-corrected chi connectivity index (χ2v) is 5.15. The molecule has 1 unspecified atom stereocenters. The van der Waals surface area contributed by atoms with E-state index in [9.17, 15) is 4.79 Å². The highest BCUT2D eigenvalue weighted by Gasteiger charge is 2.16. The van der Waals surface area contributed by atoms with Crippen molar-refractivity contribution >= 4 is 17.3 Å². The van der Waals surface area contributed by atoms with Gasteiger partial charge in [-0.15, -0.1) is 11.3 Å². The number of hydrogen-bond donors (Lipinski definition) is 0. The van der Waals surface area contributed by atoms with Gasteiger partial charge in [0.2, 0.25) is 0 Å². The first-order chi connectivity index (χ1) is 8.06. The van der Waals surface area contributed by atoms with Crippen LogP contribution in [0, 0.1) is 5.92 Å². The summed E-state index contributed by atoms with van der Waals surface area (Å²) in [6, 6.07) is 0. The molecule has 1 heterocycles. The van der Waals surface area contributed by atoms with Crippen LogP contribution in [-0.4, -0.2) is 36.6 Å². The highest BCUT2D eigenvalue weighted by atomic mass is 32.1. The van der Waals surface area contributed by atoms with E-state index >= 15 is 0 Å². The topological polar surface area (TPSA) is 42.4 Å². The van der Waals surface area contributed by atoms with Crippen molar-refractivity contribution in [1.29, 1.82) is 0 Å². The molecule has 0 aromatic carbocycles. The quantitative estimate of drug-likeness (QED) is 0.730. The molecule has 0 fully saturated rings. The first-order valence-electron chi connectivity index (χ1n) is 5.76. The standard InChI is InChI=1S/C12H20N2O2S/c1-5-11-13-10(8-17-11)7-14(3)6-9(2)12(15)16-4/h8-9H,5-7H2,1-4H3. The van der Waals surface area contributed by atoms with Crippen LogP contribution in [0.25, 0.3) is 0 Å². The molecule has 1 aromatic rings. The van der Waals surface area contributed by atoms with E-state index in [0.717, 1.165) is 23.7 Å². The number of hydrogen-bond acceptors (Lipinski definition) is 5. The molecule has 0 N–H and O–H groups in total. The van der Waals surface area contributed by atoms with E-state index in [4.69, 9.17) is 4.74 Å². The molecule has 0 bridgehead atoms. The third-order valence-corrected chi connectivity index (χ3v) is 3.56. The molecule has 0 saturated carbocycles. The van der Waals surface area contributed by atoms with Crippen LogP contribution >= 0.6 is 11.3 Å². The van der Waals surface area contributed by atoms with Crippen LogP contribution in [-0.2, 0) is 22.5 Å². The van der Waals surface area contributed by atoms with Crippen LogP contribution in [0.15, 0.2) is 5.38 Å². The molecule has 96 valence electrons. The molecule has 0 aliphatic carbocycles. The number of thiazole rings is 1. The van der Waals surface area contributed by atoms with Crippen molar-refractivity contribution in [3.8, 4) is 0 Å². The normalized spacial score (nSPS) is 12.8. The van der Waals surface area contributed by atoms with Gasteiger partial charge < -0.3 is 4.74 Å². The molecule has 1 atom stereocenters. The van der Waals surface area contributed by atoms with E-state index in [2.05, 4.69) is 22.2 Å². The molecule has 1 aromatic heterocycles. The summed E-state index contributed by atoms with van der Waals surface area (Å²) in [7, 11) is 3.41. The molecule has 5 heteroatoms. The zero-order valence-corrected chi connectivity index (χ0v) is 11.7. The number of carbonyl (C=O) groups excluding carboxylic acids is 1. The molecule has 0 amide bonds. The third-order valence-electron chi connectivity index (χ3n) is 2.52. The number of rotatable bonds is 6. The van der Waals surface area contributed by atoms with Crippen molar-refractivity contribution in [2.24, 2.45) is 5.92 Å². The molecule has 4 nitrogen and oxygen atoms in total. The summed E-state index contributed by atoms with van der Waals surface area (Å²) in [6.45, 7) is 5.44. The molecule has 0 radical (unpaired) electrons.